The molecule has 0 nitrogen and oxygen atoms in total. The maximum atomic E-state index is 12.3. The van der Waals surface area contributed by atoms with Gasteiger partial charge in [-0.25, -0.2) is 18.2 Å². The largest absolute Gasteiger partial charge is 0.264 e. The summed E-state index contributed by atoms with van der Waals surface area (Å²) in [7, 11) is 0. The van der Waals surface area contributed by atoms with Gasteiger partial charge in [-0.2, -0.15) is 5.57 Å². The second-order valence-electron chi connectivity index (χ2n) is 2.02. The first-order chi connectivity index (χ1) is 3.79. The van der Waals surface area contributed by atoms with E-state index in [1.165, 1.54) is 0 Å². The molecule has 1 unspecified atom stereocenters. The van der Waals surface area contributed by atoms with Crippen LogP contribution in [0.25, 0.3) is 0 Å². The van der Waals surface area contributed by atoms with Crippen LogP contribution in [0.5, 0.6) is 0 Å². The van der Waals surface area contributed by atoms with Gasteiger partial charge in [-0.3, -0.25) is 4.39 Å². The zero-order chi connectivity index (χ0) is 5.98. The topological polar surface area (TPSA) is 0 Å². The predicted molar refractivity (Wildman–Crippen MR) is 31.1 cm³/mol. The molecule has 0 radical (unpaired) electrons. The molecule has 1 aliphatic carbocycles. The second-order valence-corrected chi connectivity index (χ2v) is 2.02. The second kappa shape index (κ2) is 4.30. The van der Waals surface area contributed by atoms with Crippen LogP contribution in [-0.4, -0.2) is 6.17 Å². The van der Waals surface area contributed by atoms with Gasteiger partial charge in [0.1, 0.15) is 0 Å². The molecule has 0 aromatic rings. The van der Waals surface area contributed by atoms with Gasteiger partial charge < -0.3 is 0 Å². The standard InChI is InChI=1S/C7H8F.U/c1-6-3-2-4-7(8)5-6;/h2-3,7H,5H2,1H3;/q-1;. The molecule has 48 valence electrons. The van der Waals surface area contributed by atoms with E-state index in [2.05, 4.69) is 6.08 Å². The quantitative estimate of drug-likeness (QED) is 0.587. The van der Waals surface area contributed by atoms with E-state index >= 15 is 0 Å². The minimum absolute atomic E-state index is 0. The van der Waals surface area contributed by atoms with Crippen molar-refractivity contribution in [3.8, 4) is 0 Å². The van der Waals surface area contributed by atoms with Gasteiger partial charge in [0.05, 0.1) is 0 Å². The molecule has 1 atom stereocenters. The van der Waals surface area contributed by atoms with Gasteiger partial charge in [0.2, 0.25) is 0 Å². The van der Waals surface area contributed by atoms with E-state index in [1.54, 1.807) is 6.08 Å². The van der Waals surface area contributed by atoms with Crippen LogP contribution in [0, 0.1) is 37.2 Å². The van der Waals surface area contributed by atoms with Crippen LogP contribution >= 0.6 is 0 Å². The summed E-state index contributed by atoms with van der Waals surface area (Å²) in [4.78, 5) is 0. The Kier molecular flexibility index (Phi) is 4.53. The summed E-state index contributed by atoms with van der Waals surface area (Å²) < 4.78 is 12.3. The molecule has 1 rings (SSSR count). The Balaban J connectivity index is 0.000000640. The molecule has 0 saturated heterocycles. The number of hydrogen-bond donors (Lipinski definition) is 0. The SMILES string of the molecule is CC1=CC=[C-]C(F)C1.[U]. The van der Waals surface area contributed by atoms with E-state index in [1.807, 2.05) is 13.0 Å². The average Bonchev–Trinajstić information content (AvgIpc) is 1.64. The van der Waals surface area contributed by atoms with Gasteiger partial charge in [0.25, 0.3) is 0 Å². The summed E-state index contributed by atoms with van der Waals surface area (Å²) in [5.41, 5.74) is 1.09. The summed E-state index contributed by atoms with van der Waals surface area (Å²) >= 11 is 0. The van der Waals surface area contributed by atoms with Crippen molar-refractivity contribution in [3.05, 3.63) is 23.8 Å². The fourth-order valence-electron chi connectivity index (χ4n) is 0.704. The zero-order valence-electron chi connectivity index (χ0n) is 5.32. The van der Waals surface area contributed by atoms with Crippen LogP contribution in [0.3, 0.4) is 0 Å². The summed E-state index contributed by atoms with van der Waals surface area (Å²) in [6.07, 6.45) is 5.73. The van der Waals surface area contributed by atoms with Crippen LogP contribution in [0.1, 0.15) is 13.3 Å². The minimum atomic E-state index is -0.861. The van der Waals surface area contributed by atoms with Crippen molar-refractivity contribution in [2.45, 2.75) is 19.5 Å². The van der Waals surface area contributed by atoms with Crippen molar-refractivity contribution in [1.29, 1.82) is 0 Å². The molecular formula is C7H8FU-. The van der Waals surface area contributed by atoms with Gasteiger partial charge in [0, 0.05) is 37.3 Å². The number of alkyl halides is 1. The third-order valence-corrected chi connectivity index (χ3v) is 1.15. The number of allylic oxidation sites excluding steroid dienone is 4. The third-order valence-electron chi connectivity index (χ3n) is 1.15. The Morgan fingerprint density at radius 2 is 2.44 bits per heavy atom. The van der Waals surface area contributed by atoms with E-state index in [9.17, 15) is 4.39 Å². The monoisotopic (exact) mass is 349 g/mol. The van der Waals surface area contributed by atoms with Gasteiger partial charge in [-0.15, -0.1) is 0 Å². The van der Waals surface area contributed by atoms with Gasteiger partial charge in [-0.1, -0.05) is 6.92 Å². The smallest absolute Gasteiger partial charge is 0.0482 e. The molecule has 0 heterocycles. The van der Waals surface area contributed by atoms with Crippen LogP contribution in [0.2, 0.25) is 0 Å². The van der Waals surface area contributed by atoms with E-state index < -0.39 is 6.17 Å². The Hall–Kier alpha value is 0.462. The molecule has 0 bridgehead atoms. The number of rotatable bonds is 0. The van der Waals surface area contributed by atoms with Crippen LogP contribution in [0.15, 0.2) is 17.7 Å². The van der Waals surface area contributed by atoms with E-state index in [0.29, 0.717) is 6.42 Å². The van der Waals surface area contributed by atoms with Crippen molar-refractivity contribution in [1.82, 2.24) is 0 Å². The molecule has 1 aliphatic rings. The summed E-state index contributed by atoms with van der Waals surface area (Å²) in [5, 5.41) is 0. The Bertz CT molecular complexity index is 138. The van der Waals surface area contributed by atoms with Gasteiger partial charge in [0.15, 0.2) is 0 Å². The Labute approximate surface area is 78.6 Å². The van der Waals surface area contributed by atoms with Gasteiger partial charge in [-0.05, 0) is 6.42 Å². The molecule has 0 aromatic heterocycles. The number of hydrogen-bond acceptors (Lipinski definition) is 0. The van der Waals surface area contributed by atoms with Crippen molar-refractivity contribution in [2.24, 2.45) is 0 Å². The molecule has 0 fully saturated rings. The molecule has 2 heteroatoms. The molecule has 0 amide bonds. The summed E-state index contributed by atoms with van der Waals surface area (Å²) in [6.45, 7) is 1.92. The van der Waals surface area contributed by atoms with Crippen LogP contribution in [0.4, 0.5) is 4.39 Å². The molecule has 0 saturated carbocycles. The van der Waals surface area contributed by atoms with Crippen LogP contribution < -0.4 is 0 Å². The maximum Gasteiger partial charge on any atom is 0.0482 e. The molecule has 0 N–H and O–H groups in total. The van der Waals surface area contributed by atoms with Crippen molar-refractivity contribution in [3.63, 3.8) is 0 Å². The molecule has 0 aromatic carbocycles. The Morgan fingerprint density at radius 1 is 1.78 bits per heavy atom. The normalized spacial score (nSPS) is 24.7. The third kappa shape index (κ3) is 3.23. The predicted octanol–water partition coefficient (Wildman–Crippen LogP) is 2.03. The first-order valence-corrected chi connectivity index (χ1v) is 2.68. The van der Waals surface area contributed by atoms with Crippen LogP contribution in [-0.2, 0) is 0 Å². The molecule has 0 spiro atoms. The summed E-state index contributed by atoms with van der Waals surface area (Å²) in [5.74, 6) is 0. The van der Waals surface area contributed by atoms with E-state index in [4.69, 9.17) is 0 Å². The van der Waals surface area contributed by atoms with Gasteiger partial charge >= 0.3 is 0 Å². The van der Waals surface area contributed by atoms with Crippen molar-refractivity contribution < 1.29 is 35.5 Å². The van der Waals surface area contributed by atoms with E-state index in [0.717, 1.165) is 5.57 Å². The molecule has 0 aliphatic heterocycles. The van der Waals surface area contributed by atoms with Crippen molar-refractivity contribution >= 4 is 0 Å². The zero-order valence-corrected chi connectivity index (χ0v) is 9.48. The minimum Gasteiger partial charge on any atom is -0.264 e. The van der Waals surface area contributed by atoms with E-state index in [-0.39, 0.29) is 31.1 Å². The molecular weight excluding hydrogens is 341 g/mol. The average molecular weight is 349 g/mol. The first kappa shape index (κ1) is 9.46. The molecule has 9 heavy (non-hydrogen) atoms. The fraction of sp³-hybridized carbons (Fsp3) is 0.429. The fourth-order valence-corrected chi connectivity index (χ4v) is 0.704. The number of halogens is 1. The Morgan fingerprint density at radius 3 is 2.78 bits per heavy atom. The first-order valence-electron chi connectivity index (χ1n) is 2.68. The van der Waals surface area contributed by atoms with Crippen molar-refractivity contribution in [2.75, 3.05) is 0 Å². The maximum absolute atomic E-state index is 12.3. The summed E-state index contributed by atoms with van der Waals surface area (Å²) in [6, 6.07) is 0.